The fourth-order valence-corrected chi connectivity index (χ4v) is 4.81. The van der Waals surface area contributed by atoms with Crippen molar-refractivity contribution in [2.45, 2.75) is 37.6 Å². The number of carbonyl (C=O) groups is 1. The molecule has 1 aliphatic heterocycles. The first kappa shape index (κ1) is 17.4. The lowest BCUT2D eigenvalue weighted by atomic mass is 9.99. The third kappa shape index (κ3) is 3.37. The van der Waals surface area contributed by atoms with Gasteiger partial charge in [0.2, 0.25) is 5.91 Å². The maximum atomic E-state index is 13.5. The number of benzene rings is 2. The van der Waals surface area contributed by atoms with Crippen molar-refractivity contribution < 1.29 is 17.6 Å². The standard InChI is InChI=1S/C18H19FN2O3S/c1-12-3-4-14-11-15(19)5-10-18(14)21(12)25(23,24)17-8-6-16(7-9-17)20-13(2)22/h5-12H,3-4H2,1-2H3,(H,20,22)/t12-/m1/s1. The number of fused-ring (bicyclic) bond motifs is 1. The largest absolute Gasteiger partial charge is 0.326 e. The molecule has 7 heteroatoms. The highest BCUT2D eigenvalue weighted by Gasteiger charge is 2.33. The lowest BCUT2D eigenvalue weighted by molar-refractivity contribution is -0.114. The molecular weight excluding hydrogens is 343 g/mol. The minimum atomic E-state index is -3.78. The van der Waals surface area contributed by atoms with Gasteiger partial charge < -0.3 is 5.32 Å². The molecule has 0 bridgehead atoms. The number of sulfonamides is 1. The van der Waals surface area contributed by atoms with Crippen molar-refractivity contribution in [3.05, 3.63) is 53.8 Å². The minimum Gasteiger partial charge on any atom is -0.326 e. The second kappa shape index (κ2) is 6.48. The van der Waals surface area contributed by atoms with Crippen LogP contribution in [0, 0.1) is 5.82 Å². The van der Waals surface area contributed by atoms with Crippen LogP contribution in [0.2, 0.25) is 0 Å². The highest BCUT2D eigenvalue weighted by atomic mass is 32.2. The molecule has 0 aliphatic carbocycles. The molecule has 0 saturated carbocycles. The Hall–Kier alpha value is -2.41. The summed E-state index contributed by atoms with van der Waals surface area (Å²) in [7, 11) is -3.78. The molecule has 0 unspecified atom stereocenters. The second-order valence-corrected chi connectivity index (χ2v) is 7.98. The van der Waals surface area contributed by atoms with Crippen LogP contribution in [0.5, 0.6) is 0 Å². The number of nitrogens with zero attached hydrogens (tertiary/aromatic N) is 1. The predicted octanol–water partition coefficient (Wildman–Crippen LogP) is 3.31. The van der Waals surface area contributed by atoms with Gasteiger partial charge in [0.1, 0.15) is 5.82 Å². The van der Waals surface area contributed by atoms with Gasteiger partial charge in [-0.05, 0) is 67.8 Å². The molecule has 2 aromatic carbocycles. The monoisotopic (exact) mass is 362 g/mol. The van der Waals surface area contributed by atoms with E-state index < -0.39 is 10.0 Å². The maximum Gasteiger partial charge on any atom is 0.264 e. The molecule has 5 nitrogen and oxygen atoms in total. The number of carbonyl (C=O) groups excluding carboxylic acids is 1. The molecule has 1 N–H and O–H groups in total. The molecule has 2 aromatic rings. The van der Waals surface area contributed by atoms with Crippen molar-refractivity contribution in [3.8, 4) is 0 Å². The number of rotatable bonds is 3. The van der Waals surface area contributed by atoms with Crippen molar-refractivity contribution in [2.24, 2.45) is 0 Å². The summed E-state index contributed by atoms with van der Waals surface area (Å²) in [5, 5.41) is 2.60. The fraction of sp³-hybridized carbons (Fsp3) is 0.278. The third-order valence-electron chi connectivity index (χ3n) is 4.24. The van der Waals surface area contributed by atoms with E-state index in [4.69, 9.17) is 0 Å². The Labute approximate surface area is 146 Å². The molecule has 3 rings (SSSR count). The first-order valence-corrected chi connectivity index (χ1v) is 9.43. The van der Waals surface area contributed by atoms with Crippen LogP contribution in [0.3, 0.4) is 0 Å². The van der Waals surface area contributed by atoms with Gasteiger partial charge in [-0.2, -0.15) is 0 Å². The molecular formula is C18H19FN2O3S. The zero-order chi connectivity index (χ0) is 18.2. The quantitative estimate of drug-likeness (QED) is 0.911. The normalized spacial score (nSPS) is 17.1. The number of halogens is 1. The first-order chi connectivity index (χ1) is 11.8. The summed E-state index contributed by atoms with van der Waals surface area (Å²) in [6.07, 6.45) is 1.27. The van der Waals surface area contributed by atoms with Crippen LogP contribution >= 0.6 is 0 Å². The molecule has 1 atom stereocenters. The molecule has 25 heavy (non-hydrogen) atoms. The van der Waals surface area contributed by atoms with E-state index in [9.17, 15) is 17.6 Å². The Morgan fingerprint density at radius 3 is 2.52 bits per heavy atom. The van der Waals surface area contributed by atoms with Crippen LogP contribution < -0.4 is 9.62 Å². The second-order valence-electron chi connectivity index (χ2n) is 6.17. The Morgan fingerprint density at radius 1 is 1.20 bits per heavy atom. The summed E-state index contributed by atoms with van der Waals surface area (Å²) in [6.45, 7) is 3.23. The lowest BCUT2D eigenvalue weighted by Crippen LogP contribution is -2.42. The van der Waals surface area contributed by atoms with Crippen molar-refractivity contribution in [1.29, 1.82) is 0 Å². The van der Waals surface area contributed by atoms with E-state index in [0.717, 1.165) is 0 Å². The summed E-state index contributed by atoms with van der Waals surface area (Å²) in [6, 6.07) is 9.99. The molecule has 0 spiro atoms. The van der Waals surface area contributed by atoms with Crippen molar-refractivity contribution in [3.63, 3.8) is 0 Å². The van der Waals surface area contributed by atoms with Gasteiger partial charge in [-0.25, -0.2) is 12.8 Å². The highest BCUT2D eigenvalue weighted by Crippen LogP contribution is 2.35. The number of hydrogen-bond donors (Lipinski definition) is 1. The predicted molar refractivity (Wildman–Crippen MR) is 94.6 cm³/mol. The lowest BCUT2D eigenvalue weighted by Gasteiger charge is -2.36. The van der Waals surface area contributed by atoms with Gasteiger partial charge in [0.25, 0.3) is 10.0 Å². The van der Waals surface area contributed by atoms with Crippen molar-refractivity contribution in [2.75, 3.05) is 9.62 Å². The highest BCUT2D eigenvalue weighted by molar-refractivity contribution is 7.92. The molecule has 0 saturated heterocycles. The zero-order valence-corrected chi connectivity index (χ0v) is 14.8. The summed E-state index contributed by atoms with van der Waals surface area (Å²) < 4.78 is 41.1. The molecule has 0 aromatic heterocycles. The van der Waals surface area contributed by atoms with E-state index in [1.165, 1.54) is 41.6 Å². The van der Waals surface area contributed by atoms with Crippen LogP contribution in [0.1, 0.15) is 25.8 Å². The number of hydrogen-bond acceptors (Lipinski definition) is 3. The molecule has 0 fully saturated rings. The van der Waals surface area contributed by atoms with E-state index >= 15 is 0 Å². The van der Waals surface area contributed by atoms with E-state index in [2.05, 4.69) is 5.32 Å². The number of amides is 1. The van der Waals surface area contributed by atoms with Crippen LogP contribution in [-0.4, -0.2) is 20.4 Å². The van der Waals surface area contributed by atoms with Crippen LogP contribution in [0.25, 0.3) is 0 Å². The van der Waals surface area contributed by atoms with Crippen LogP contribution in [0.4, 0.5) is 15.8 Å². The summed E-state index contributed by atoms with van der Waals surface area (Å²) >= 11 is 0. The Bertz CT molecular complexity index is 910. The molecule has 1 amide bonds. The average molecular weight is 362 g/mol. The van der Waals surface area contributed by atoms with Gasteiger partial charge >= 0.3 is 0 Å². The van der Waals surface area contributed by atoms with Gasteiger partial charge in [0, 0.05) is 18.7 Å². The van der Waals surface area contributed by atoms with E-state index in [0.29, 0.717) is 29.8 Å². The van der Waals surface area contributed by atoms with E-state index in [-0.39, 0.29) is 22.7 Å². The van der Waals surface area contributed by atoms with Crippen LogP contribution in [0.15, 0.2) is 47.4 Å². The minimum absolute atomic E-state index is 0.130. The first-order valence-electron chi connectivity index (χ1n) is 7.99. The topological polar surface area (TPSA) is 66.5 Å². The van der Waals surface area contributed by atoms with E-state index in [1.54, 1.807) is 12.1 Å². The van der Waals surface area contributed by atoms with Gasteiger partial charge in [0.15, 0.2) is 0 Å². The van der Waals surface area contributed by atoms with Gasteiger partial charge in [-0.15, -0.1) is 0 Å². The van der Waals surface area contributed by atoms with Crippen molar-refractivity contribution >= 4 is 27.3 Å². The van der Waals surface area contributed by atoms with Gasteiger partial charge in [-0.3, -0.25) is 9.10 Å². The molecule has 0 radical (unpaired) electrons. The Morgan fingerprint density at radius 2 is 1.88 bits per heavy atom. The van der Waals surface area contributed by atoms with Crippen molar-refractivity contribution in [1.82, 2.24) is 0 Å². The number of aryl methyl sites for hydroxylation is 1. The average Bonchev–Trinajstić information content (AvgIpc) is 2.54. The third-order valence-corrected chi connectivity index (χ3v) is 6.18. The Balaban J connectivity index is 2.01. The summed E-state index contributed by atoms with van der Waals surface area (Å²) in [5.41, 5.74) is 1.74. The molecule has 132 valence electrons. The Kier molecular flexibility index (Phi) is 4.51. The molecule has 1 aliphatic rings. The van der Waals surface area contributed by atoms with E-state index in [1.807, 2.05) is 6.92 Å². The number of nitrogens with one attached hydrogen (secondary N) is 1. The number of anilines is 2. The maximum absolute atomic E-state index is 13.5. The summed E-state index contributed by atoms with van der Waals surface area (Å²) in [5.74, 6) is -0.596. The fourth-order valence-electron chi connectivity index (χ4n) is 3.08. The molecule has 1 heterocycles. The smallest absolute Gasteiger partial charge is 0.264 e. The van der Waals surface area contributed by atoms with Gasteiger partial charge in [-0.1, -0.05) is 0 Å². The SMILES string of the molecule is CC(=O)Nc1ccc(S(=O)(=O)N2c3ccc(F)cc3CC[C@H]2C)cc1. The zero-order valence-electron chi connectivity index (χ0n) is 14.0. The van der Waals surface area contributed by atoms with Crippen LogP contribution in [-0.2, 0) is 21.2 Å². The summed E-state index contributed by atoms with van der Waals surface area (Å²) in [4.78, 5) is 11.2. The van der Waals surface area contributed by atoms with Gasteiger partial charge in [0.05, 0.1) is 10.6 Å².